The molecule has 74 valence electrons. The number of carbonyl (C=O) groups is 1. The lowest BCUT2D eigenvalue weighted by Gasteiger charge is -2.13. The summed E-state index contributed by atoms with van der Waals surface area (Å²) in [5, 5.41) is 3.53. The Morgan fingerprint density at radius 3 is 2.79 bits per heavy atom. The van der Waals surface area contributed by atoms with Crippen LogP contribution in [0.5, 0.6) is 0 Å². The number of anilines is 1. The number of nitrogens with one attached hydrogen (secondary N) is 1. The van der Waals surface area contributed by atoms with Crippen LogP contribution in [0.3, 0.4) is 0 Å². The van der Waals surface area contributed by atoms with E-state index in [1.54, 1.807) is 0 Å². The highest BCUT2D eigenvalue weighted by Crippen LogP contribution is 2.41. The van der Waals surface area contributed by atoms with Gasteiger partial charge >= 0.3 is 0 Å². The molecule has 1 N–H and O–H groups in total. The zero-order valence-corrected chi connectivity index (χ0v) is 8.93. The van der Waals surface area contributed by atoms with E-state index in [9.17, 15) is 4.79 Å². The molecule has 1 aromatic rings. The highest BCUT2D eigenvalue weighted by atomic mass is 35.5. The van der Waals surface area contributed by atoms with Crippen molar-refractivity contribution in [2.45, 2.75) is 19.8 Å². The van der Waals surface area contributed by atoms with Crippen LogP contribution >= 0.6 is 11.6 Å². The number of hydrogen-bond donors (Lipinski definition) is 1. The maximum Gasteiger partial charge on any atom is 0.232 e. The minimum atomic E-state index is -0.0984. The van der Waals surface area contributed by atoms with Gasteiger partial charge in [0.05, 0.1) is 5.92 Å². The van der Waals surface area contributed by atoms with E-state index in [1.165, 1.54) is 0 Å². The minimum Gasteiger partial charge on any atom is -0.325 e. The molecule has 14 heavy (non-hydrogen) atoms. The summed E-state index contributed by atoms with van der Waals surface area (Å²) in [5.74, 6) is 0.234. The van der Waals surface area contributed by atoms with Crippen LogP contribution in [0.4, 0.5) is 5.69 Å². The Labute approximate surface area is 88.3 Å². The van der Waals surface area contributed by atoms with Gasteiger partial charge in [0.25, 0.3) is 0 Å². The molecule has 1 amide bonds. The summed E-state index contributed by atoms with van der Waals surface area (Å²) >= 11 is 6.08. The van der Waals surface area contributed by atoms with E-state index in [0.717, 1.165) is 11.3 Å². The van der Waals surface area contributed by atoms with Gasteiger partial charge in [0.1, 0.15) is 0 Å². The predicted octanol–water partition coefficient (Wildman–Crippen LogP) is 3.03. The minimum absolute atomic E-state index is 0.0584. The number of benzene rings is 1. The fourth-order valence-electron chi connectivity index (χ4n) is 1.94. The third kappa shape index (κ3) is 1.30. The summed E-state index contributed by atoms with van der Waals surface area (Å²) in [6.45, 7) is 4.06. The van der Waals surface area contributed by atoms with Crippen molar-refractivity contribution in [1.29, 1.82) is 0 Å². The molecule has 1 heterocycles. The highest BCUT2D eigenvalue weighted by Gasteiger charge is 2.34. The van der Waals surface area contributed by atoms with Gasteiger partial charge in [0, 0.05) is 16.3 Å². The highest BCUT2D eigenvalue weighted by molar-refractivity contribution is 6.32. The van der Waals surface area contributed by atoms with Crippen molar-refractivity contribution >= 4 is 23.2 Å². The molecule has 0 saturated heterocycles. The maximum absolute atomic E-state index is 11.7. The van der Waals surface area contributed by atoms with Crippen LogP contribution in [0.2, 0.25) is 5.02 Å². The Balaban J connectivity index is 2.55. The molecule has 0 aliphatic carbocycles. The lowest BCUT2D eigenvalue weighted by molar-refractivity contribution is -0.117. The van der Waals surface area contributed by atoms with Crippen LogP contribution in [-0.4, -0.2) is 5.91 Å². The Kier molecular flexibility index (Phi) is 2.23. The number of amides is 1. The number of hydrogen-bond acceptors (Lipinski definition) is 1. The number of carbonyl (C=O) groups excluding carboxylic acids is 1. The summed E-state index contributed by atoms with van der Waals surface area (Å²) < 4.78 is 0. The molecule has 0 fully saturated rings. The average Bonchev–Trinajstić information content (AvgIpc) is 2.42. The molecule has 0 bridgehead atoms. The third-order valence-corrected chi connectivity index (χ3v) is 2.90. The number of halogens is 1. The zero-order valence-electron chi connectivity index (χ0n) is 8.17. The molecular formula is C11H12ClNO. The fourth-order valence-corrected chi connectivity index (χ4v) is 2.23. The van der Waals surface area contributed by atoms with Crippen molar-refractivity contribution in [2.24, 2.45) is 5.92 Å². The average molecular weight is 210 g/mol. The Hall–Kier alpha value is -1.02. The molecule has 3 heteroatoms. The van der Waals surface area contributed by atoms with Crippen molar-refractivity contribution < 1.29 is 4.79 Å². The van der Waals surface area contributed by atoms with Crippen molar-refractivity contribution in [3.8, 4) is 0 Å². The van der Waals surface area contributed by atoms with Crippen LogP contribution in [0, 0.1) is 5.92 Å². The largest absolute Gasteiger partial charge is 0.325 e. The lowest BCUT2D eigenvalue weighted by Crippen LogP contribution is -2.16. The van der Waals surface area contributed by atoms with Gasteiger partial charge in [-0.15, -0.1) is 0 Å². The monoisotopic (exact) mass is 209 g/mol. The van der Waals surface area contributed by atoms with E-state index in [4.69, 9.17) is 11.6 Å². The molecule has 1 aromatic carbocycles. The molecule has 0 saturated carbocycles. The topological polar surface area (TPSA) is 29.1 Å². The lowest BCUT2D eigenvalue weighted by atomic mass is 9.90. The van der Waals surface area contributed by atoms with E-state index in [0.29, 0.717) is 5.02 Å². The van der Waals surface area contributed by atoms with Crippen molar-refractivity contribution in [3.05, 3.63) is 28.8 Å². The first kappa shape index (κ1) is 9.53. The Morgan fingerprint density at radius 2 is 2.14 bits per heavy atom. The van der Waals surface area contributed by atoms with Gasteiger partial charge in [-0.05, 0) is 18.1 Å². The van der Waals surface area contributed by atoms with Crippen molar-refractivity contribution in [2.75, 3.05) is 5.32 Å². The maximum atomic E-state index is 11.7. The van der Waals surface area contributed by atoms with E-state index in [-0.39, 0.29) is 17.7 Å². The van der Waals surface area contributed by atoms with Crippen LogP contribution in [0.1, 0.15) is 25.3 Å². The first-order valence-electron chi connectivity index (χ1n) is 4.70. The van der Waals surface area contributed by atoms with Gasteiger partial charge in [0.15, 0.2) is 0 Å². The van der Waals surface area contributed by atoms with E-state index < -0.39 is 0 Å². The molecule has 0 spiro atoms. The first-order chi connectivity index (χ1) is 6.61. The second-order valence-electron chi connectivity index (χ2n) is 3.91. The molecule has 0 aromatic heterocycles. The summed E-state index contributed by atoms with van der Waals surface area (Å²) in [6, 6.07) is 5.57. The van der Waals surface area contributed by atoms with Crippen molar-refractivity contribution in [1.82, 2.24) is 0 Å². The van der Waals surface area contributed by atoms with Crippen LogP contribution in [0.25, 0.3) is 0 Å². The van der Waals surface area contributed by atoms with Gasteiger partial charge in [0.2, 0.25) is 5.91 Å². The number of rotatable bonds is 1. The quantitative estimate of drug-likeness (QED) is 0.757. The standard InChI is InChI=1S/C11H12ClNO/c1-6(2)9-10-7(12)4-3-5-8(10)13-11(9)14/h3-6,9H,1-2H3,(H,13,14)/t9-/m1/s1. The Morgan fingerprint density at radius 1 is 1.43 bits per heavy atom. The van der Waals surface area contributed by atoms with Gasteiger partial charge in [-0.3, -0.25) is 4.79 Å². The van der Waals surface area contributed by atoms with Crippen LogP contribution in [-0.2, 0) is 4.79 Å². The molecule has 0 radical (unpaired) electrons. The summed E-state index contributed by atoms with van der Waals surface area (Å²) in [6.07, 6.45) is 0. The molecule has 1 aliphatic heterocycles. The van der Waals surface area contributed by atoms with E-state index in [1.807, 2.05) is 32.0 Å². The normalized spacial score (nSPS) is 19.7. The summed E-state index contributed by atoms with van der Waals surface area (Å²) in [7, 11) is 0. The van der Waals surface area contributed by atoms with Gasteiger partial charge in [-0.2, -0.15) is 0 Å². The molecule has 2 nitrogen and oxygen atoms in total. The third-order valence-electron chi connectivity index (χ3n) is 2.57. The predicted molar refractivity (Wildman–Crippen MR) is 57.7 cm³/mol. The summed E-state index contributed by atoms with van der Waals surface area (Å²) in [5.41, 5.74) is 1.82. The van der Waals surface area contributed by atoms with Gasteiger partial charge < -0.3 is 5.32 Å². The smallest absolute Gasteiger partial charge is 0.232 e. The molecule has 0 unspecified atom stereocenters. The fraction of sp³-hybridized carbons (Fsp3) is 0.364. The van der Waals surface area contributed by atoms with Crippen LogP contribution < -0.4 is 5.32 Å². The second kappa shape index (κ2) is 3.28. The molecule has 1 atom stereocenters. The molecular weight excluding hydrogens is 198 g/mol. The van der Waals surface area contributed by atoms with Gasteiger partial charge in [-0.25, -0.2) is 0 Å². The SMILES string of the molecule is CC(C)[C@H]1C(=O)Nc2cccc(Cl)c21. The van der Waals surface area contributed by atoms with Crippen molar-refractivity contribution in [3.63, 3.8) is 0 Å². The van der Waals surface area contributed by atoms with E-state index >= 15 is 0 Å². The first-order valence-corrected chi connectivity index (χ1v) is 5.08. The summed E-state index contributed by atoms with van der Waals surface area (Å²) in [4.78, 5) is 11.7. The zero-order chi connectivity index (χ0) is 10.3. The Bertz CT molecular complexity index is 387. The molecule has 1 aliphatic rings. The second-order valence-corrected chi connectivity index (χ2v) is 4.32. The molecule has 2 rings (SSSR count). The number of fused-ring (bicyclic) bond motifs is 1. The van der Waals surface area contributed by atoms with Gasteiger partial charge in [-0.1, -0.05) is 31.5 Å². The van der Waals surface area contributed by atoms with Crippen LogP contribution in [0.15, 0.2) is 18.2 Å². The van der Waals surface area contributed by atoms with E-state index in [2.05, 4.69) is 5.32 Å².